The van der Waals surface area contributed by atoms with Crippen molar-refractivity contribution in [3.8, 4) is 0 Å². The molecule has 1 heterocycles. The molecule has 4 nitrogen and oxygen atoms in total. The molecule has 1 aliphatic rings. The van der Waals surface area contributed by atoms with Crippen molar-refractivity contribution >= 4 is 5.69 Å². The number of quaternary nitrogens is 1. The number of nitro groups is 1. The lowest BCUT2D eigenvalue weighted by Gasteiger charge is -2.28. The Hall–Kier alpha value is -1.94. The molecule has 1 aromatic rings. The maximum absolute atomic E-state index is 11.2. The van der Waals surface area contributed by atoms with Gasteiger partial charge in [0, 0.05) is 36.5 Å². The molecular formula is C15H19N2O2+. The molecule has 0 radical (unpaired) electrons. The molecule has 0 bridgehead atoms. The van der Waals surface area contributed by atoms with Gasteiger partial charge >= 0.3 is 0 Å². The Balaban J connectivity index is 2.44. The summed E-state index contributed by atoms with van der Waals surface area (Å²) < 4.78 is 0. The van der Waals surface area contributed by atoms with Crippen molar-refractivity contribution in [2.45, 2.75) is 31.3 Å². The van der Waals surface area contributed by atoms with Crippen LogP contribution in [0.3, 0.4) is 0 Å². The molecule has 1 aliphatic heterocycles. The van der Waals surface area contributed by atoms with Crippen LogP contribution >= 0.6 is 0 Å². The summed E-state index contributed by atoms with van der Waals surface area (Å²) in [5, 5.41) is 13.4. The van der Waals surface area contributed by atoms with Crippen LogP contribution in [0.2, 0.25) is 0 Å². The number of nitrogens with two attached hydrogens (primary N) is 1. The van der Waals surface area contributed by atoms with Gasteiger partial charge in [-0.3, -0.25) is 10.1 Å². The van der Waals surface area contributed by atoms with E-state index in [1.54, 1.807) is 12.1 Å². The summed E-state index contributed by atoms with van der Waals surface area (Å²) in [5.41, 5.74) is 2.21. The SMILES string of the molecule is C=CC[C@H]1Cc2c(cccc2[N+](=O)[O-])[C@H](CC=C)[NH2+]1. The van der Waals surface area contributed by atoms with Gasteiger partial charge in [-0.1, -0.05) is 24.3 Å². The lowest BCUT2D eigenvalue weighted by atomic mass is 9.86. The molecule has 2 rings (SSSR count). The second-order valence-corrected chi connectivity index (χ2v) is 4.91. The lowest BCUT2D eigenvalue weighted by Crippen LogP contribution is -2.92. The molecular weight excluding hydrogens is 240 g/mol. The van der Waals surface area contributed by atoms with Gasteiger partial charge in [-0.25, -0.2) is 0 Å². The van der Waals surface area contributed by atoms with Crippen LogP contribution in [0.15, 0.2) is 43.5 Å². The summed E-state index contributed by atoms with van der Waals surface area (Å²) in [5.74, 6) is 0. The second kappa shape index (κ2) is 5.80. The van der Waals surface area contributed by atoms with Crippen molar-refractivity contribution in [3.05, 3.63) is 64.8 Å². The highest BCUT2D eigenvalue weighted by Crippen LogP contribution is 2.31. The molecule has 0 fully saturated rings. The minimum absolute atomic E-state index is 0.228. The van der Waals surface area contributed by atoms with Crippen LogP contribution in [0, 0.1) is 10.1 Å². The van der Waals surface area contributed by atoms with Crippen molar-refractivity contribution in [2.24, 2.45) is 0 Å². The maximum atomic E-state index is 11.2. The number of fused-ring (bicyclic) bond motifs is 1. The van der Waals surface area contributed by atoms with Gasteiger partial charge in [0.1, 0.15) is 6.04 Å². The third kappa shape index (κ3) is 2.74. The minimum Gasteiger partial charge on any atom is -0.337 e. The lowest BCUT2D eigenvalue weighted by molar-refractivity contribution is -0.730. The molecule has 2 atom stereocenters. The summed E-state index contributed by atoms with van der Waals surface area (Å²) in [4.78, 5) is 10.9. The van der Waals surface area contributed by atoms with Crippen LogP contribution in [0.4, 0.5) is 5.69 Å². The Morgan fingerprint density at radius 2 is 2.11 bits per heavy atom. The first-order valence-electron chi connectivity index (χ1n) is 6.50. The summed E-state index contributed by atoms with van der Waals surface area (Å²) in [6, 6.07) is 5.92. The zero-order valence-electron chi connectivity index (χ0n) is 10.9. The number of nitrogens with zero attached hydrogens (tertiary/aromatic N) is 1. The van der Waals surface area contributed by atoms with E-state index >= 15 is 0 Å². The van der Waals surface area contributed by atoms with Crippen LogP contribution in [0.5, 0.6) is 0 Å². The van der Waals surface area contributed by atoms with E-state index in [0.29, 0.717) is 6.04 Å². The molecule has 1 aromatic carbocycles. The van der Waals surface area contributed by atoms with E-state index in [1.165, 1.54) is 0 Å². The van der Waals surface area contributed by atoms with E-state index in [1.807, 2.05) is 18.2 Å². The molecule has 0 unspecified atom stereocenters. The number of benzene rings is 1. The summed E-state index contributed by atoms with van der Waals surface area (Å²) in [7, 11) is 0. The van der Waals surface area contributed by atoms with Crippen molar-refractivity contribution in [1.82, 2.24) is 0 Å². The summed E-state index contributed by atoms with van der Waals surface area (Å²) in [6.07, 6.45) is 6.17. The molecule has 0 aliphatic carbocycles. The van der Waals surface area contributed by atoms with Crippen molar-refractivity contribution < 1.29 is 10.2 Å². The van der Waals surface area contributed by atoms with Gasteiger partial charge in [-0.2, -0.15) is 0 Å². The monoisotopic (exact) mass is 259 g/mol. The van der Waals surface area contributed by atoms with Gasteiger partial charge in [-0.05, 0) is 0 Å². The van der Waals surface area contributed by atoms with Crippen molar-refractivity contribution in [2.75, 3.05) is 0 Å². The van der Waals surface area contributed by atoms with E-state index in [0.717, 1.165) is 30.4 Å². The first-order chi connectivity index (χ1) is 9.17. The van der Waals surface area contributed by atoms with Crippen LogP contribution in [-0.4, -0.2) is 11.0 Å². The van der Waals surface area contributed by atoms with Gasteiger partial charge in [-0.15, -0.1) is 13.2 Å². The van der Waals surface area contributed by atoms with E-state index in [2.05, 4.69) is 18.5 Å². The number of hydrogen-bond acceptors (Lipinski definition) is 2. The van der Waals surface area contributed by atoms with Gasteiger partial charge < -0.3 is 5.32 Å². The molecule has 2 N–H and O–H groups in total. The van der Waals surface area contributed by atoms with E-state index in [9.17, 15) is 10.1 Å². The average molecular weight is 259 g/mol. The third-order valence-corrected chi connectivity index (χ3v) is 3.64. The number of nitro benzene ring substituents is 1. The Labute approximate surface area is 113 Å². The smallest absolute Gasteiger partial charge is 0.273 e. The normalized spacial score (nSPS) is 21.5. The second-order valence-electron chi connectivity index (χ2n) is 4.91. The van der Waals surface area contributed by atoms with Crippen LogP contribution in [-0.2, 0) is 6.42 Å². The average Bonchev–Trinajstić information content (AvgIpc) is 2.38. The number of rotatable bonds is 5. The fourth-order valence-electron chi connectivity index (χ4n) is 2.86. The topological polar surface area (TPSA) is 59.8 Å². The highest BCUT2D eigenvalue weighted by Gasteiger charge is 2.33. The zero-order chi connectivity index (χ0) is 13.8. The fourth-order valence-corrected chi connectivity index (χ4v) is 2.86. The number of hydrogen-bond donors (Lipinski definition) is 1. The van der Waals surface area contributed by atoms with Gasteiger partial charge in [0.15, 0.2) is 0 Å². The van der Waals surface area contributed by atoms with Gasteiger partial charge in [0.25, 0.3) is 5.69 Å². The molecule has 0 amide bonds. The van der Waals surface area contributed by atoms with Crippen LogP contribution in [0.1, 0.15) is 30.0 Å². The third-order valence-electron chi connectivity index (χ3n) is 3.64. The predicted molar refractivity (Wildman–Crippen MR) is 74.9 cm³/mol. The Kier molecular flexibility index (Phi) is 4.12. The van der Waals surface area contributed by atoms with E-state index in [4.69, 9.17) is 0 Å². The highest BCUT2D eigenvalue weighted by molar-refractivity contribution is 5.47. The fraction of sp³-hybridized carbons (Fsp3) is 0.333. The quantitative estimate of drug-likeness (QED) is 0.501. The Bertz CT molecular complexity index is 511. The van der Waals surface area contributed by atoms with Gasteiger partial charge in [0.05, 0.1) is 11.0 Å². The minimum atomic E-state index is -0.278. The molecule has 100 valence electrons. The first kappa shape index (κ1) is 13.5. The van der Waals surface area contributed by atoms with Crippen LogP contribution < -0.4 is 5.32 Å². The largest absolute Gasteiger partial charge is 0.337 e. The molecule has 0 aromatic heterocycles. The van der Waals surface area contributed by atoms with Crippen molar-refractivity contribution in [3.63, 3.8) is 0 Å². The standard InChI is InChI=1S/C15H18N2O2/c1-3-6-11-10-13-12(14(16-11)7-4-2)8-5-9-15(13)17(18)19/h3-5,8-9,11,14,16H,1-2,6-7,10H2/p+1/t11-,14-/m0/s1. The Morgan fingerprint density at radius 1 is 1.37 bits per heavy atom. The Morgan fingerprint density at radius 3 is 2.74 bits per heavy atom. The maximum Gasteiger partial charge on any atom is 0.273 e. The van der Waals surface area contributed by atoms with Gasteiger partial charge in [0.2, 0.25) is 0 Å². The van der Waals surface area contributed by atoms with E-state index < -0.39 is 0 Å². The molecule has 0 saturated carbocycles. The molecule has 0 saturated heterocycles. The molecule has 4 heteroatoms. The molecule has 0 spiro atoms. The molecule has 19 heavy (non-hydrogen) atoms. The predicted octanol–water partition coefficient (Wildman–Crippen LogP) is 2.28. The summed E-state index contributed by atoms with van der Waals surface area (Å²) in [6.45, 7) is 7.55. The first-order valence-corrected chi connectivity index (χ1v) is 6.50. The van der Waals surface area contributed by atoms with Crippen molar-refractivity contribution in [1.29, 1.82) is 0 Å². The van der Waals surface area contributed by atoms with Crippen LogP contribution in [0.25, 0.3) is 0 Å². The zero-order valence-corrected chi connectivity index (χ0v) is 10.9. The highest BCUT2D eigenvalue weighted by atomic mass is 16.6. The summed E-state index contributed by atoms with van der Waals surface area (Å²) >= 11 is 0. The van der Waals surface area contributed by atoms with E-state index in [-0.39, 0.29) is 16.7 Å².